The van der Waals surface area contributed by atoms with Gasteiger partial charge in [0, 0.05) is 26.7 Å². The van der Waals surface area contributed by atoms with Crippen LogP contribution in [0.3, 0.4) is 0 Å². The fraction of sp³-hybridized carbons (Fsp3) is 0.429. The Balaban J connectivity index is 1.37. The lowest BCUT2D eigenvalue weighted by Gasteiger charge is -2.57. The van der Waals surface area contributed by atoms with E-state index in [1.807, 2.05) is 41.9 Å². The SMILES string of the molecule is Cc1c(C(I)C(=O)NC23CC4CC(CC(C4)C2)C3)nn(-c2ccc(Cl)cc2Cl)c1-c1ccc(Cl)cc1. The van der Waals surface area contributed by atoms with Crippen LogP contribution in [0.4, 0.5) is 0 Å². The maximum atomic E-state index is 13.7. The van der Waals surface area contributed by atoms with E-state index in [1.165, 1.54) is 19.3 Å². The molecular weight excluding hydrogens is 628 g/mol. The Kier molecular flexibility index (Phi) is 6.59. The van der Waals surface area contributed by atoms with Crippen LogP contribution in [-0.4, -0.2) is 21.2 Å². The van der Waals surface area contributed by atoms with Crippen LogP contribution in [-0.2, 0) is 4.79 Å². The Morgan fingerprint density at radius 3 is 2.17 bits per heavy atom. The Morgan fingerprint density at radius 2 is 1.58 bits per heavy atom. The van der Waals surface area contributed by atoms with Gasteiger partial charge in [-0.2, -0.15) is 5.10 Å². The van der Waals surface area contributed by atoms with Crippen LogP contribution in [0.25, 0.3) is 16.9 Å². The highest BCUT2D eigenvalue weighted by atomic mass is 127. The molecule has 4 fully saturated rings. The first kappa shape index (κ1) is 25.0. The Hall–Kier alpha value is -1.28. The van der Waals surface area contributed by atoms with Gasteiger partial charge in [-0.1, -0.05) is 69.5 Å². The average Bonchev–Trinajstić information content (AvgIpc) is 3.14. The van der Waals surface area contributed by atoms with Crippen molar-refractivity contribution in [3.8, 4) is 16.9 Å². The van der Waals surface area contributed by atoms with Gasteiger partial charge in [0.25, 0.3) is 0 Å². The smallest absolute Gasteiger partial charge is 0.239 e. The first-order valence-corrected chi connectivity index (χ1v) is 14.9. The summed E-state index contributed by atoms with van der Waals surface area (Å²) in [6.07, 6.45) is 7.41. The number of halogens is 4. The Bertz CT molecular complexity index is 1300. The number of benzene rings is 2. The van der Waals surface area contributed by atoms with Crippen molar-refractivity contribution >= 4 is 63.3 Å². The topological polar surface area (TPSA) is 46.9 Å². The van der Waals surface area contributed by atoms with E-state index in [4.69, 9.17) is 39.9 Å². The number of carbonyl (C=O) groups is 1. The standard InChI is InChI=1S/C28H27Cl3IN3O/c1-15-25(24(32)27(36)33-28-12-16-8-17(13-28)10-18(9-16)14-28)34-35(23-7-6-21(30)11-22(23)31)26(15)19-2-4-20(29)5-3-19/h2-7,11,16-18,24H,8-10,12-14H2,1H3,(H,33,36). The molecule has 0 spiro atoms. The third-order valence-corrected chi connectivity index (χ3v) is 10.3. The molecule has 4 aliphatic rings. The van der Waals surface area contributed by atoms with Gasteiger partial charge >= 0.3 is 0 Å². The molecule has 1 aromatic heterocycles. The second-order valence-corrected chi connectivity index (χ2v) is 13.4. The van der Waals surface area contributed by atoms with Crippen molar-refractivity contribution in [2.75, 3.05) is 0 Å². The molecule has 36 heavy (non-hydrogen) atoms. The Labute approximate surface area is 240 Å². The third-order valence-electron chi connectivity index (χ3n) is 8.31. The molecule has 0 radical (unpaired) electrons. The minimum Gasteiger partial charge on any atom is -0.349 e. The van der Waals surface area contributed by atoms with Crippen LogP contribution >= 0.6 is 57.4 Å². The number of nitrogens with one attached hydrogen (secondary N) is 1. The molecule has 4 aliphatic carbocycles. The van der Waals surface area contributed by atoms with E-state index in [-0.39, 0.29) is 11.4 Å². The van der Waals surface area contributed by atoms with E-state index in [0.29, 0.717) is 20.8 Å². The van der Waals surface area contributed by atoms with E-state index in [9.17, 15) is 4.79 Å². The number of nitrogens with zero attached hydrogens (tertiary/aromatic N) is 2. The van der Waals surface area contributed by atoms with Crippen molar-refractivity contribution in [3.63, 3.8) is 0 Å². The minimum absolute atomic E-state index is 0.0375. The molecule has 7 rings (SSSR count). The van der Waals surface area contributed by atoms with Gasteiger partial charge in [-0.3, -0.25) is 4.79 Å². The van der Waals surface area contributed by atoms with Gasteiger partial charge in [-0.25, -0.2) is 4.68 Å². The van der Waals surface area contributed by atoms with E-state index < -0.39 is 3.92 Å². The van der Waals surface area contributed by atoms with Crippen LogP contribution in [0.1, 0.15) is 53.7 Å². The van der Waals surface area contributed by atoms with Crippen molar-refractivity contribution < 1.29 is 4.79 Å². The summed E-state index contributed by atoms with van der Waals surface area (Å²) in [6, 6.07) is 13.0. The molecule has 8 heteroatoms. The molecule has 188 valence electrons. The fourth-order valence-corrected chi connectivity index (χ4v) is 8.60. The summed E-state index contributed by atoms with van der Waals surface area (Å²) in [6.45, 7) is 2.02. The second-order valence-electron chi connectivity index (χ2n) is 10.9. The number of alkyl halides is 1. The van der Waals surface area contributed by atoms with Gasteiger partial charge in [0.05, 0.1) is 22.1 Å². The lowest BCUT2D eigenvalue weighted by Crippen LogP contribution is -2.60. The van der Waals surface area contributed by atoms with Crippen LogP contribution in [0.2, 0.25) is 15.1 Å². The van der Waals surface area contributed by atoms with Crippen molar-refractivity contribution in [1.82, 2.24) is 15.1 Å². The largest absolute Gasteiger partial charge is 0.349 e. The van der Waals surface area contributed by atoms with Gasteiger partial charge in [-0.05, 0) is 93.5 Å². The van der Waals surface area contributed by atoms with E-state index in [2.05, 4.69) is 27.9 Å². The zero-order valence-corrected chi connectivity index (χ0v) is 24.3. The average molecular weight is 655 g/mol. The maximum absolute atomic E-state index is 13.7. The molecule has 1 amide bonds. The van der Waals surface area contributed by atoms with Gasteiger partial charge in [0.15, 0.2) is 0 Å². The lowest BCUT2D eigenvalue weighted by molar-refractivity contribution is -0.126. The van der Waals surface area contributed by atoms with Gasteiger partial charge in [0.2, 0.25) is 5.91 Å². The first-order chi connectivity index (χ1) is 17.2. The van der Waals surface area contributed by atoms with Crippen LogP contribution < -0.4 is 5.32 Å². The summed E-state index contributed by atoms with van der Waals surface area (Å²) >= 11 is 21.2. The molecule has 0 saturated heterocycles. The van der Waals surface area contributed by atoms with E-state index in [1.54, 1.807) is 12.1 Å². The van der Waals surface area contributed by atoms with E-state index in [0.717, 1.165) is 59.5 Å². The maximum Gasteiger partial charge on any atom is 0.239 e. The van der Waals surface area contributed by atoms with Crippen LogP contribution in [0.15, 0.2) is 42.5 Å². The van der Waals surface area contributed by atoms with Gasteiger partial charge in [0.1, 0.15) is 3.92 Å². The summed E-state index contributed by atoms with van der Waals surface area (Å²) in [4.78, 5) is 13.7. The molecule has 4 nitrogen and oxygen atoms in total. The van der Waals surface area contributed by atoms with Crippen molar-refractivity contribution in [3.05, 3.63) is 68.8 Å². The highest BCUT2D eigenvalue weighted by molar-refractivity contribution is 14.1. The third kappa shape index (κ3) is 4.48. The molecule has 1 unspecified atom stereocenters. The first-order valence-electron chi connectivity index (χ1n) is 12.5. The van der Waals surface area contributed by atoms with Gasteiger partial charge < -0.3 is 5.32 Å². The predicted octanol–water partition coefficient (Wildman–Crippen LogP) is 8.37. The zero-order valence-electron chi connectivity index (χ0n) is 19.9. The van der Waals surface area contributed by atoms with Crippen molar-refractivity contribution in [2.45, 2.75) is 54.9 Å². The van der Waals surface area contributed by atoms with Gasteiger partial charge in [-0.15, -0.1) is 0 Å². The molecule has 4 bridgehead atoms. The summed E-state index contributed by atoms with van der Waals surface area (Å²) in [5, 5.41) is 10.2. The monoisotopic (exact) mass is 653 g/mol. The molecule has 0 aliphatic heterocycles. The molecule has 1 atom stereocenters. The molecular formula is C28H27Cl3IN3O. The number of aromatic nitrogens is 2. The quantitative estimate of drug-likeness (QED) is 0.222. The number of rotatable bonds is 5. The van der Waals surface area contributed by atoms with E-state index >= 15 is 0 Å². The predicted molar refractivity (Wildman–Crippen MR) is 155 cm³/mol. The number of amides is 1. The molecule has 4 saturated carbocycles. The molecule has 1 N–H and O–H groups in total. The van der Waals surface area contributed by atoms with Crippen molar-refractivity contribution in [1.29, 1.82) is 0 Å². The summed E-state index contributed by atoms with van der Waals surface area (Å²) in [5.41, 5.74) is 4.20. The highest BCUT2D eigenvalue weighted by Gasteiger charge is 2.52. The Morgan fingerprint density at radius 1 is 1.00 bits per heavy atom. The summed E-state index contributed by atoms with van der Waals surface area (Å²) in [7, 11) is 0. The lowest BCUT2D eigenvalue weighted by atomic mass is 9.53. The zero-order chi connectivity index (χ0) is 25.2. The number of hydrogen-bond donors (Lipinski definition) is 1. The summed E-state index contributed by atoms with van der Waals surface area (Å²) in [5.74, 6) is 2.37. The number of carbonyl (C=O) groups excluding carboxylic acids is 1. The molecule has 1 heterocycles. The minimum atomic E-state index is -0.422. The molecule has 2 aromatic carbocycles. The highest BCUT2D eigenvalue weighted by Crippen LogP contribution is 2.55. The fourth-order valence-electron chi connectivity index (χ4n) is 7.24. The van der Waals surface area contributed by atoms with Crippen LogP contribution in [0, 0.1) is 24.7 Å². The van der Waals surface area contributed by atoms with Crippen molar-refractivity contribution in [2.24, 2.45) is 17.8 Å². The normalized spacial score (nSPS) is 27.3. The van der Waals surface area contributed by atoms with Crippen LogP contribution in [0.5, 0.6) is 0 Å². The summed E-state index contributed by atoms with van der Waals surface area (Å²) < 4.78 is 1.41. The second kappa shape index (κ2) is 9.48. The number of hydrogen-bond acceptors (Lipinski definition) is 2. The molecule has 3 aromatic rings.